The van der Waals surface area contributed by atoms with Crippen LogP contribution in [0, 0.1) is 11.8 Å². The molecule has 0 aliphatic heterocycles. The van der Waals surface area contributed by atoms with Crippen molar-refractivity contribution in [3.05, 3.63) is 34.9 Å². The highest BCUT2D eigenvalue weighted by molar-refractivity contribution is 6.30. The molecule has 1 unspecified atom stereocenters. The lowest BCUT2D eigenvalue weighted by molar-refractivity contribution is 0.474. The Hall–Kier alpha value is -0.530. The van der Waals surface area contributed by atoms with Crippen molar-refractivity contribution in [1.29, 1.82) is 0 Å². The second-order valence-electron chi connectivity index (χ2n) is 5.32. The van der Waals surface area contributed by atoms with Crippen LogP contribution in [0.2, 0.25) is 5.02 Å². The summed E-state index contributed by atoms with van der Waals surface area (Å²) < 4.78 is 0. The SMILES string of the molecule is CC(C)CNCCC(C)Cc1ccc(Cl)cc1. The molecule has 0 saturated carbocycles. The first-order chi connectivity index (χ1) is 8.08. The first-order valence-corrected chi connectivity index (χ1v) is 6.91. The van der Waals surface area contributed by atoms with Crippen LogP contribution in [0.4, 0.5) is 0 Å². The molecule has 0 radical (unpaired) electrons. The highest BCUT2D eigenvalue weighted by Crippen LogP contribution is 2.14. The van der Waals surface area contributed by atoms with Gasteiger partial charge in [-0.15, -0.1) is 0 Å². The Bertz CT molecular complexity index is 305. The summed E-state index contributed by atoms with van der Waals surface area (Å²) in [6.07, 6.45) is 2.37. The van der Waals surface area contributed by atoms with Gasteiger partial charge in [-0.3, -0.25) is 0 Å². The molecule has 1 aromatic carbocycles. The molecule has 0 aliphatic carbocycles. The fourth-order valence-corrected chi connectivity index (χ4v) is 1.99. The average Bonchev–Trinajstić information content (AvgIpc) is 2.27. The van der Waals surface area contributed by atoms with E-state index in [1.807, 2.05) is 12.1 Å². The van der Waals surface area contributed by atoms with Crippen molar-refractivity contribution in [2.24, 2.45) is 11.8 Å². The minimum atomic E-state index is 0.718. The van der Waals surface area contributed by atoms with Gasteiger partial charge in [0.25, 0.3) is 0 Å². The Morgan fingerprint density at radius 2 is 1.76 bits per heavy atom. The van der Waals surface area contributed by atoms with Crippen LogP contribution in [0.25, 0.3) is 0 Å². The maximum Gasteiger partial charge on any atom is 0.0406 e. The van der Waals surface area contributed by atoms with Crippen LogP contribution in [0.1, 0.15) is 32.8 Å². The van der Waals surface area contributed by atoms with Crippen LogP contribution >= 0.6 is 11.6 Å². The monoisotopic (exact) mass is 253 g/mol. The van der Waals surface area contributed by atoms with E-state index in [-0.39, 0.29) is 0 Å². The second-order valence-corrected chi connectivity index (χ2v) is 5.76. The fraction of sp³-hybridized carbons (Fsp3) is 0.600. The van der Waals surface area contributed by atoms with E-state index in [9.17, 15) is 0 Å². The third kappa shape index (κ3) is 6.70. The second kappa shape index (κ2) is 7.73. The lowest BCUT2D eigenvalue weighted by Gasteiger charge is -2.13. The van der Waals surface area contributed by atoms with Crippen molar-refractivity contribution < 1.29 is 0 Å². The van der Waals surface area contributed by atoms with Crippen LogP contribution in [-0.2, 0) is 6.42 Å². The Kier molecular flexibility index (Phi) is 6.61. The normalized spacial score (nSPS) is 13.0. The Labute approximate surface area is 111 Å². The highest BCUT2D eigenvalue weighted by Gasteiger charge is 2.03. The first-order valence-electron chi connectivity index (χ1n) is 6.53. The van der Waals surface area contributed by atoms with E-state index in [0.717, 1.165) is 36.4 Å². The zero-order valence-corrected chi connectivity index (χ0v) is 11.9. The van der Waals surface area contributed by atoms with Crippen LogP contribution < -0.4 is 5.32 Å². The van der Waals surface area contributed by atoms with Gasteiger partial charge in [0.15, 0.2) is 0 Å². The third-order valence-corrected chi connectivity index (χ3v) is 3.12. The Morgan fingerprint density at radius 3 is 2.35 bits per heavy atom. The van der Waals surface area contributed by atoms with E-state index < -0.39 is 0 Å². The van der Waals surface area contributed by atoms with Crippen molar-refractivity contribution >= 4 is 11.6 Å². The van der Waals surface area contributed by atoms with E-state index in [0.29, 0.717) is 0 Å². The minimum absolute atomic E-state index is 0.718. The quantitative estimate of drug-likeness (QED) is 0.720. The molecule has 0 fully saturated rings. The number of halogens is 1. The molecule has 1 atom stereocenters. The van der Waals surface area contributed by atoms with Gasteiger partial charge in [0.1, 0.15) is 0 Å². The molecule has 2 heteroatoms. The topological polar surface area (TPSA) is 12.0 Å². The molecule has 0 heterocycles. The summed E-state index contributed by atoms with van der Waals surface area (Å²) in [6, 6.07) is 8.20. The highest BCUT2D eigenvalue weighted by atomic mass is 35.5. The van der Waals surface area contributed by atoms with Gasteiger partial charge in [-0.05, 0) is 55.5 Å². The number of benzene rings is 1. The Balaban J connectivity index is 2.20. The molecule has 0 spiro atoms. The smallest absolute Gasteiger partial charge is 0.0406 e. The summed E-state index contributed by atoms with van der Waals surface area (Å²) in [5.41, 5.74) is 1.38. The van der Waals surface area contributed by atoms with Gasteiger partial charge in [-0.1, -0.05) is 44.5 Å². The van der Waals surface area contributed by atoms with Gasteiger partial charge in [0, 0.05) is 5.02 Å². The predicted octanol–water partition coefficient (Wildman–Crippen LogP) is 4.15. The summed E-state index contributed by atoms with van der Waals surface area (Å²) in [7, 11) is 0. The molecule has 1 aromatic rings. The largest absolute Gasteiger partial charge is 0.316 e. The number of hydrogen-bond acceptors (Lipinski definition) is 1. The van der Waals surface area contributed by atoms with E-state index in [1.165, 1.54) is 12.0 Å². The third-order valence-electron chi connectivity index (χ3n) is 2.86. The number of rotatable bonds is 7. The molecule has 96 valence electrons. The maximum absolute atomic E-state index is 5.87. The molecule has 1 nitrogen and oxygen atoms in total. The number of nitrogens with one attached hydrogen (secondary N) is 1. The van der Waals surface area contributed by atoms with Crippen molar-refractivity contribution in [3.63, 3.8) is 0 Å². The van der Waals surface area contributed by atoms with Gasteiger partial charge in [0.05, 0.1) is 0 Å². The van der Waals surface area contributed by atoms with Crippen LogP contribution in [0.3, 0.4) is 0 Å². The maximum atomic E-state index is 5.87. The molecule has 17 heavy (non-hydrogen) atoms. The van der Waals surface area contributed by atoms with E-state index >= 15 is 0 Å². The van der Waals surface area contributed by atoms with Gasteiger partial charge in [-0.2, -0.15) is 0 Å². The van der Waals surface area contributed by atoms with Gasteiger partial charge < -0.3 is 5.32 Å². The zero-order chi connectivity index (χ0) is 12.7. The molecule has 0 amide bonds. The molecular formula is C15H24ClN. The van der Waals surface area contributed by atoms with Crippen molar-refractivity contribution in [2.75, 3.05) is 13.1 Å². The summed E-state index contributed by atoms with van der Waals surface area (Å²) in [5, 5.41) is 4.31. The molecule has 1 rings (SSSR count). The molecule has 0 aromatic heterocycles. The van der Waals surface area contributed by atoms with Crippen LogP contribution in [0.5, 0.6) is 0 Å². The molecule has 0 bridgehead atoms. The van der Waals surface area contributed by atoms with Crippen molar-refractivity contribution in [1.82, 2.24) is 5.32 Å². The lowest BCUT2D eigenvalue weighted by atomic mass is 9.98. The van der Waals surface area contributed by atoms with Crippen LogP contribution in [-0.4, -0.2) is 13.1 Å². The van der Waals surface area contributed by atoms with E-state index in [2.05, 4.69) is 38.2 Å². The standard InChI is InChI=1S/C15H24ClN/c1-12(2)11-17-9-8-13(3)10-14-4-6-15(16)7-5-14/h4-7,12-13,17H,8-11H2,1-3H3. The molecular weight excluding hydrogens is 230 g/mol. The fourth-order valence-electron chi connectivity index (χ4n) is 1.86. The predicted molar refractivity (Wildman–Crippen MR) is 76.6 cm³/mol. The molecule has 1 N–H and O–H groups in total. The first kappa shape index (κ1) is 14.5. The lowest BCUT2D eigenvalue weighted by Crippen LogP contribution is -2.22. The molecule has 0 aliphatic rings. The zero-order valence-electron chi connectivity index (χ0n) is 11.2. The summed E-state index contributed by atoms with van der Waals surface area (Å²) >= 11 is 5.87. The van der Waals surface area contributed by atoms with E-state index in [1.54, 1.807) is 0 Å². The van der Waals surface area contributed by atoms with Gasteiger partial charge in [-0.25, -0.2) is 0 Å². The van der Waals surface area contributed by atoms with Crippen molar-refractivity contribution in [2.45, 2.75) is 33.6 Å². The van der Waals surface area contributed by atoms with Gasteiger partial charge in [0.2, 0.25) is 0 Å². The summed E-state index contributed by atoms with van der Waals surface area (Å²) in [6.45, 7) is 9.03. The summed E-state index contributed by atoms with van der Waals surface area (Å²) in [5.74, 6) is 1.46. The summed E-state index contributed by atoms with van der Waals surface area (Å²) in [4.78, 5) is 0. The van der Waals surface area contributed by atoms with Crippen molar-refractivity contribution in [3.8, 4) is 0 Å². The molecule has 0 saturated heterocycles. The van der Waals surface area contributed by atoms with Gasteiger partial charge >= 0.3 is 0 Å². The minimum Gasteiger partial charge on any atom is -0.316 e. The van der Waals surface area contributed by atoms with E-state index in [4.69, 9.17) is 11.6 Å². The number of hydrogen-bond donors (Lipinski definition) is 1. The van der Waals surface area contributed by atoms with Crippen LogP contribution in [0.15, 0.2) is 24.3 Å². The Morgan fingerprint density at radius 1 is 1.12 bits per heavy atom. The average molecular weight is 254 g/mol.